The van der Waals surface area contributed by atoms with Crippen molar-refractivity contribution in [3.8, 4) is 0 Å². The minimum Gasteiger partial charge on any atom is -0.307 e. The Morgan fingerprint density at radius 1 is 1.18 bits per heavy atom. The van der Waals surface area contributed by atoms with Crippen LogP contribution < -0.4 is 5.32 Å². The highest BCUT2D eigenvalue weighted by Crippen LogP contribution is 2.27. The zero-order chi connectivity index (χ0) is 11.2. The second-order valence-corrected chi connectivity index (χ2v) is 5.16. The number of fused-ring (bicyclic) bond motifs is 4. The van der Waals surface area contributed by atoms with Gasteiger partial charge in [-0.25, -0.2) is 9.97 Å². The number of piperazine rings is 3. The van der Waals surface area contributed by atoms with Crippen molar-refractivity contribution in [1.82, 2.24) is 25.1 Å². The van der Waals surface area contributed by atoms with E-state index in [9.17, 15) is 0 Å². The molecular formula is C12H17N5. The smallest absolute Gasteiger partial charge is 0.147 e. The largest absolute Gasteiger partial charge is 0.307 e. The van der Waals surface area contributed by atoms with E-state index in [1.165, 1.54) is 37.4 Å². The van der Waals surface area contributed by atoms with Gasteiger partial charge in [0.2, 0.25) is 0 Å². The average Bonchev–Trinajstić information content (AvgIpc) is 2.87. The van der Waals surface area contributed by atoms with E-state index >= 15 is 0 Å². The molecule has 5 rings (SSSR count). The van der Waals surface area contributed by atoms with E-state index in [1.54, 1.807) is 0 Å². The maximum Gasteiger partial charge on any atom is 0.147 e. The summed E-state index contributed by atoms with van der Waals surface area (Å²) in [5, 5.41) is 3.33. The molecule has 3 fully saturated rings. The first-order valence-electron chi connectivity index (χ1n) is 6.42. The molecular weight excluding hydrogens is 214 g/mol. The summed E-state index contributed by atoms with van der Waals surface area (Å²) in [5.74, 6) is 1.02. The normalized spacial score (nSPS) is 34.9. The summed E-state index contributed by atoms with van der Waals surface area (Å²) in [6.45, 7) is 7.70. The number of nitrogens with zero attached hydrogens (tertiary/aromatic N) is 4. The van der Waals surface area contributed by atoms with E-state index in [2.05, 4.69) is 20.1 Å². The Morgan fingerprint density at radius 3 is 2.82 bits per heavy atom. The Morgan fingerprint density at radius 2 is 2.06 bits per heavy atom. The van der Waals surface area contributed by atoms with Crippen molar-refractivity contribution >= 4 is 0 Å². The molecule has 17 heavy (non-hydrogen) atoms. The van der Waals surface area contributed by atoms with Gasteiger partial charge in [-0.2, -0.15) is 0 Å². The molecule has 0 amide bonds. The summed E-state index contributed by atoms with van der Waals surface area (Å²) in [4.78, 5) is 14.4. The predicted octanol–water partition coefficient (Wildman–Crippen LogP) is -0.248. The van der Waals surface area contributed by atoms with E-state index in [4.69, 9.17) is 4.98 Å². The van der Waals surface area contributed by atoms with Crippen molar-refractivity contribution in [2.75, 3.05) is 32.7 Å². The van der Waals surface area contributed by atoms with Gasteiger partial charge in [-0.05, 0) is 0 Å². The van der Waals surface area contributed by atoms with Crippen LogP contribution in [0.2, 0.25) is 0 Å². The molecule has 0 spiro atoms. The molecule has 1 unspecified atom stereocenters. The molecule has 5 heteroatoms. The first-order valence-corrected chi connectivity index (χ1v) is 6.42. The molecule has 1 aromatic heterocycles. The summed E-state index contributed by atoms with van der Waals surface area (Å²) in [6, 6.07) is 0.420. The van der Waals surface area contributed by atoms with Crippen LogP contribution >= 0.6 is 0 Å². The Bertz CT molecular complexity index is 439. The van der Waals surface area contributed by atoms with Crippen molar-refractivity contribution < 1.29 is 0 Å². The van der Waals surface area contributed by atoms with Crippen molar-refractivity contribution in [2.45, 2.75) is 19.1 Å². The first kappa shape index (κ1) is 9.94. The molecule has 4 aliphatic heterocycles. The van der Waals surface area contributed by atoms with E-state index in [-0.39, 0.29) is 0 Å². The van der Waals surface area contributed by atoms with Gasteiger partial charge in [0.25, 0.3) is 0 Å². The number of hydrogen-bond acceptors (Lipinski definition) is 5. The number of hydrogen-bond donors (Lipinski definition) is 1. The highest BCUT2D eigenvalue weighted by atomic mass is 15.4. The highest BCUT2D eigenvalue weighted by molar-refractivity contribution is 5.22. The molecule has 0 aliphatic carbocycles. The predicted molar refractivity (Wildman–Crippen MR) is 63.3 cm³/mol. The lowest BCUT2D eigenvalue weighted by molar-refractivity contribution is 0.00856. The Balaban J connectivity index is 1.66. The number of nitrogens with one attached hydrogen (secondary N) is 1. The molecule has 5 heterocycles. The van der Waals surface area contributed by atoms with Crippen LogP contribution in [0.3, 0.4) is 0 Å². The SMILES string of the molecule is c1nc(C2CN3CCN2CC3)nc2c1CNC2. The molecule has 0 aromatic carbocycles. The second-order valence-electron chi connectivity index (χ2n) is 5.16. The van der Waals surface area contributed by atoms with Crippen LogP contribution in [0.1, 0.15) is 23.1 Å². The quantitative estimate of drug-likeness (QED) is 0.722. The lowest BCUT2D eigenvalue weighted by Gasteiger charge is -2.46. The Hall–Kier alpha value is -1.04. The van der Waals surface area contributed by atoms with Gasteiger partial charge < -0.3 is 5.32 Å². The third kappa shape index (κ3) is 1.57. The second kappa shape index (κ2) is 3.73. The van der Waals surface area contributed by atoms with Gasteiger partial charge in [0.05, 0.1) is 11.7 Å². The zero-order valence-electron chi connectivity index (χ0n) is 9.89. The van der Waals surface area contributed by atoms with Crippen LogP contribution in [0.15, 0.2) is 6.20 Å². The fourth-order valence-electron chi connectivity index (χ4n) is 3.10. The maximum atomic E-state index is 4.75. The maximum absolute atomic E-state index is 4.75. The third-order valence-corrected chi connectivity index (χ3v) is 4.16. The molecule has 0 radical (unpaired) electrons. The van der Waals surface area contributed by atoms with Gasteiger partial charge in [-0.3, -0.25) is 9.80 Å². The number of aromatic nitrogens is 2. The van der Waals surface area contributed by atoms with Crippen LogP contribution in [0.25, 0.3) is 0 Å². The first-order chi connectivity index (χ1) is 8.40. The minimum atomic E-state index is 0.420. The van der Waals surface area contributed by atoms with Crippen LogP contribution in [0.4, 0.5) is 0 Å². The van der Waals surface area contributed by atoms with Crippen molar-refractivity contribution in [2.24, 2.45) is 0 Å². The monoisotopic (exact) mass is 231 g/mol. The van der Waals surface area contributed by atoms with Crippen LogP contribution in [0.5, 0.6) is 0 Å². The standard InChI is InChI=1S/C12H17N5/c1-3-17-4-2-16(1)8-11(17)12-14-6-9-5-13-7-10(9)15-12/h6,11,13H,1-5,7-8H2. The van der Waals surface area contributed by atoms with Crippen LogP contribution in [-0.2, 0) is 13.1 Å². The summed E-state index contributed by atoms with van der Waals surface area (Å²) in [7, 11) is 0. The molecule has 5 nitrogen and oxygen atoms in total. The molecule has 2 bridgehead atoms. The van der Waals surface area contributed by atoms with Crippen LogP contribution in [-0.4, -0.2) is 52.5 Å². The van der Waals surface area contributed by atoms with E-state index in [1.807, 2.05) is 6.20 Å². The number of rotatable bonds is 1. The topological polar surface area (TPSA) is 44.3 Å². The molecule has 1 N–H and O–H groups in total. The molecule has 1 atom stereocenters. The van der Waals surface area contributed by atoms with Crippen LogP contribution in [0, 0.1) is 0 Å². The zero-order valence-corrected chi connectivity index (χ0v) is 9.89. The molecule has 4 aliphatic rings. The van der Waals surface area contributed by atoms with Crippen molar-refractivity contribution in [3.63, 3.8) is 0 Å². The minimum absolute atomic E-state index is 0.420. The molecule has 3 saturated heterocycles. The lowest BCUT2D eigenvalue weighted by Crippen LogP contribution is -2.57. The summed E-state index contributed by atoms with van der Waals surface area (Å²) < 4.78 is 0. The Labute approximate surface area is 101 Å². The lowest BCUT2D eigenvalue weighted by atomic mass is 10.1. The van der Waals surface area contributed by atoms with Gasteiger partial charge in [0, 0.05) is 57.6 Å². The molecule has 0 saturated carbocycles. The van der Waals surface area contributed by atoms with Gasteiger partial charge in [-0.1, -0.05) is 0 Å². The summed E-state index contributed by atoms with van der Waals surface area (Å²) in [5.41, 5.74) is 2.47. The fraction of sp³-hybridized carbons (Fsp3) is 0.667. The van der Waals surface area contributed by atoms with Crippen molar-refractivity contribution in [1.29, 1.82) is 0 Å². The van der Waals surface area contributed by atoms with Gasteiger partial charge >= 0.3 is 0 Å². The van der Waals surface area contributed by atoms with Crippen molar-refractivity contribution in [3.05, 3.63) is 23.3 Å². The summed E-state index contributed by atoms with van der Waals surface area (Å²) >= 11 is 0. The summed E-state index contributed by atoms with van der Waals surface area (Å²) in [6.07, 6.45) is 2.01. The molecule has 90 valence electrons. The van der Waals surface area contributed by atoms with Gasteiger partial charge in [0.15, 0.2) is 0 Å². The third-order valence-electron chi connectivity index (χ3n) is 4.16. The average molecular weight is 231 g/mol. The highest BCUT2D eigenvalue weighted by Gasteiger charge is 2.34. The molecule has 1 aromatic rings. The Kier molecular flexibility index (Phi) is 2.18. The fourth-order valence-corrected chi connectivity index (χ4v) is 3.10. The van der Waals surface area contributed by atoms with E-state index in [0.29, 0.717) is 6.04 Å². The van der Waals surface area contributed by atoms with Gasteiger partial charge in [-0.15, -0.1) is 0 Å². The van der Waals surface area contributed by atoms with Gasteiger partial charge in [0.1, 0.15) is 5.82 Å². The van der Waals surface area contributed by atoms with E-state index < -0.39 is 0 Å². The van der Waals surface area contributed by atoms with E-state index in [0.717, 1.165) is 25.5 Å².